The van der Waals surface area contributed by atoms with Gasteiger partial charge in [0.05, 0.1) is 0 Å². The van der Waals surface area contributed by atoms with E-state index in [9.17, 15) is 0 Å². The lowest BCUT2D eigenvalue weighted by atomic mass is 10.0. The molecule has 1 aliphatic carbocycles. The maximum absolute atomic E-state index is 5.61. The summed E-state index contributed by atoms with van der Waals surface area (Å²) in [6, 6.07) is 4.74. The van der Waals surface area contributed by atoms with Crippen LogP contribution in [0.25, 0.3) is 0 Å². The van der Waals surface area contributed by atoms with Crippen molar-refractivity contribution in [1.82, 2.24) is 25.3 Å². The summed E-state index contributed by atoms with van der Waals surface area (Å²) < 4.78 is 0. The Hall–Kier alpha value is -2.00. The molecule has 0 radical (unpaired) electrons. The lowest BCUT2D eigenvalue weighted by Gasteiger charge is -2.34. The second-order valence-electron chi connectivity index (χ2n) is 8.35. The van der Waals surface area contributed by atoms with Gasteiger partial charge in [0, 0.05) is 37.1 Å². The van der Waals surface area contributed by atoms with Crippen molar-refractivity contribution in [2.75, 3.05) is 16.8 Å². The lowest BCUT2D eigenvalue weighted by molar-refractivity contribution is 0.480. The molecule has 7 nitrogen and oxygen atoms in total. The second kappa shape index (κ2) is 11.0. The van der Waals surface area contributed by atoms with E-state index in [1.165, 1.54) is 69.5 Å². The number of nitrogens with zero attached hydrogens (tertiary/aromatic N) is 5. The fourth-order valence-corrected chi connectivity index (χ4v) is 5.25. The normalized spacial score (nSPS) is 20.2. The largest absolute Gasteiger partial charge is 0.360 e. The molecule has 1 unspecified atom stereocenters. The van der Waals surface area contributed by atoms with Crippen molar-refractivity contribution >= 4 is 40.9 Å². The molecule has 2 aromatic heterocycles. The van der Waals surface area contributed by atoms with Crippen LogP contribution in [0.1, 0.15) is 64.7 Å². The first kappa shape index (κ1) is 22.2. The molecule has 1 aliphatic heterocycles. The van der Waals surface area contributed by atoms with Gasteiger partial charge in [-0.2, -0.15) is 4.98 Å². The van der Waals surface area contributed by atoms with Gasteiger partial charge >= 0.3 is 0 Å². The second-order valence-corrected chi connectivity index (χ2v) is 9.74. The van der Waals surface area contributed by atoms with E-state index in [-0.39, 0.29) is 0 Å². The van der Waals surface area contributed by atoms with Crippen LogP contribution in [-0.2, 0) is 0 Å². The quantitative estimate of drug-likeness (QED) is 0.285. The molecule has 0 aromatic carbocycles. The number of hydrogen-bond acceptors (Lipinski definition) is 7. The summed E-state index contributed by atoms with van der Waals surface area (Å²) in [5.41, 5.74) is 0. The van der Waals surface area contributed by atoms with Gasteiger partial charge in [0.25, 0.3) is 0 Å². The molecule has 2 aliphatic rings. The Morgan fingerprint density at radius 2 is 1.77 bits per heavy atom. The van der Waals surface area contributed by atoms with Crippen molar-refractivity contribution in [3.8, 4) is 0 Å². The van der Waals surface area contributed by atoms with Crippen LogP contribution in [0, 0.1) is 0 Å². The van der Waals surface area contributed by atoms with Crippen LogP contribution in [0.3, 0.4) is 0 Å². The highest BCUT2D eigenvalue weighted by molar-refractivity contribution is 7.99. The third-order valence-electron chi connectivity index (χ3n) is 5.94. The zero-order valence-corrected chi connectivity index (χ0v) is 19.7. The average Bonchev–Trinajstić information content (AvgIpc) is 3.03. The van der Waals surface area contributed by atoms with Gasteiger partial charge in [-0.25, -0.2) is 15.0 Å². The molecular weight excluding hydrogens is 426 g/mol. The number of nitrogens with one attached hydrogen (secondary N) is 2. The van der Waals surface area contributed by atoms with Crippen molar-refractivity contribution in [1.29, 1.82) is 0 Å². The fourth-order valence-electron chi connectivity index (χ4n) is 4.29. The predicted molar refractivity (Wildman–Crippen MR) is 130 cm³/mol. The molecule has 3 heterocycles. The zero-order chi connectivity index (χ0) is 21.5. The molecule has 2 fully saturated rings. The molecule has 4 rings (SSSR count). The smallest absolute Gasteiger partial charge is 0.232 e. The van der Waals surface area contributed by atoms with Gasteiger partial charge < -0.3 is 15.5 Å². The summed E-state index contributed by atoms with van der Waals surface area (Å²) in [4.78, 5) is 20.6. The van der Waals surface area contributed by atoms with Gasteiger partial charge in [-0.05, 0) is 69.1 Å². The molecule has 0 spiro atoms. The van der Waals surface area contributed by atoms with Gasteiger partial charge in [0.1, 0.15) is 10.8 Å². The number of anilines is 2. The lowest BCUT2D eigenvalue weighted by Crippen LogP contribution is -2.39. The molecule has 1 atom stereocenters. The van der Waals surface area contributed by atoms with E-state index < -0.39 is 0 Å². The van der Waals surface area contributed by atoms with Crippen LogP contribution in [0.4, 0.5) is 11.8 Å². The first-order chi connectivity index (χ1) is 15.2. The predicted octanol–water partition coefficient (Wildman–Crippen LogP) is 4.81. The molecule has 1 saturated carbocycles. The standard InChI is InChI=1S/C22H31N7S2/c1-16-9-6-7-14-29(16)18-15-19(31-22-23-12-8-13-24-22)27-20(26-18)28-21(30)25-17-10-4-2-3-5-11-17/h8,12-13,15-17H,2-7,9-11,14H2,1H3,(H2,25,26,27,28,30). The summed E-state index contributed by atoms with van der Waals surface area (Å²) in [5.74, 6) is 1.46. The first-order valence-electron chi connectivity index (χ1n) is 11.4. The van der Waals surface area contributed by atoms with Crippen LogP contribution in [0.5, 0.6) is 0 Å². The van der Waals surface area contributed by atoms with E-state index in [2.05, 4.69) is 32.4 Å². The molecule has 9 heteroatoms. The zero-order valence-electron chi connectivity index (χ0n) is 18.1. The molecule has 31 heavy (non-hydrogen) atoms. The number of piperidine rings is 1. The third kappa shape index (κ3) is 6.49. The number of thiocarbonyl (C=S) groups is 1. The number of rotatable bonds is 5. The maximum atomic E-state index is 5.61. The monoisotopic (exact) mass is 457 g/mol. The molecule has 2 N–H and O–H groups in total. The van der Waals surface area contributed by atoms with Crippen molar-refractivity contribution in [2.45, 2.75) is 87.0 Å². The van der Waals surface area contributed by atoms with Crippen LogP contribution in [0.2, 0.25) is 0 Å². The van der Waals surface area contributed by atoms with Gasteiger partial charge in [-0.1, -0.05) is 25.7 Å². The average molecular weight is 458 g/mol. The summed E-state index contributed by atoms with van der Waals surface area (Å²) in [5, 5.41) is 8.81. The topological polar surface area (TPSA) is 78.9 Å². The van der Waals surface area contributed by atoms with E-state index in [4.69, 9.17) is 22.2 Å². The van der Waals surface area contributed by atoms with Crippen molar-refractivity contribution in [2.24, 2.45) is 0 Å². The van der Waals surface area contributed by atoms with E-state index in [0.717, 1.165) is 17.4 Å². The Morgan fingerprint density at radius 1 is 1.03 bits per heavy atom. The van der Waals surface area contributed by atoms with Crippen molar-refractivity contribution in [3.05, 3.63) is 24.5 Å². The van der Waals surface area contributed by atoms with E-state index in [0.29, 0.717) is 28.3 Å². The SMILES string of the molecule is CC1CCCCN1c1cc(Sc2ncccn2)nc(NC(=S)NC2CCCCCC2)n1. The highest BCUT2D eigenvalue weighted by atomic mass is 32.2. The van der Waals surface area contributed by atoms with E-state index in [1.807, 2.05) is 12.1 Å². The number of hydrogen-bond donors (Lipinski definition) is 2. The summed E-state index contributed by atoms with van der Waals surface area (Å²) in [6.07, 6.45) is 14.6. The Morgan fingerprint density at radius 3 is 2.52 bits per heavy atom. The minimum absolute atomic E-state index is 0.430. The van der Waals surface area contributed by atoms with Gasteiger partial charge in [0.15, 0.2) is 10.3 Å². The first-order valence-corrected chi connectivity index (χ1v) is 12.6. The fraction of sp³-hybridized carbons (Fsp3) is 0.591. The minimum Gasteiger partial charge on any atom is -0.360 e. The van der Waals surface area contributed by atoms with Gasteiger partial charge in [-0.3, -0.25) is 0 Å². The molecule has 166 valence electrons. The van der Waals surface area contributed by atoms with Crippen LogP contribution in [0.15, 0.2) is 34.7 Å². The van der Waals surface area contributed by atoms with E-state index >= 15 is 0 Å². The summed E-state index contributed by atoms with van der Waals surface area (Å²) >= 11 is 7.05. The minimum atomic E-state index is 0.430. The highest BCUT2D eigenvalue weighted by Gasteiger charge is 2.22. The van der Waals surface area contributed by atoms with Crippen LogP contribution < -0.4 is 15.5 Å². The third-order valence-corrected chi connectivity index (χ3v) is 6.97. The molecular formula is C22H31N7S2. The number of aromatic nitrogens is 4. The highest BCUT2D eigenvalue weighted by Crippen LogP contribution is 2.30. The Balaban J connectivity index is 1.52. The summed E-state index contributed by atoms with van der Waals surface area (Å²) in [6.45, 7) is 3.27. The Labute approximate surface area is 194 Å². The van der Waals surface area contributed by atoms with Gasteiger partial charge in [0.2, 0.25) is 5.95 Å². The molecule has 0 amide bonds. The van der Waals surface area contributed by atoms with Crippen molar-refractivity contribution < 1.29 is 0 Å². The molecule has 0 bridgehead atoms. The maximum Gasteiger partial charge on any atom is 0.232 e. The Kier molecular flexibility index (Phi) is 7.91. The van der Waals surface area contributed by atoms with Crippen LogP contribution in [-0.4, -0.2) is 43.7 Å². The molecule has 2 aromatic rings. The Bertz CT molecular complexity index is 856. The van der Waals surface area contributed by atoms with Crippen molar-refractivity contribution in [3.63, 3.8) is 0 Å². The van der Waals surface area contributed by atoms with E-state index in [1.54, 1.807) is 12.4 Å². The van der Waals surface area contributed by atoms with Crippen LogP contribution >= 0.6 is 24.0 Å². The molecule has 1 saturated heterocycles. The van der Waals surface area contributed by atoms with Gasteiger partial charge in [-0.15, -0.1) is 0 Å². The summed E-state index contributed by atoms with van der Waals surface area (Å²) in [7, 11) is 0.